The van der Waals surface area contributed by atoms with E-state index in [9.17, 15) is 0 Å². The van der Waals surface area contributed by atoms with Crippen LogP contribution in [0.15, 0.2) is 0 Å². The average Bonchev–Trinajstić information content (AvgIpc) is 2.04. The third-order valence-corrected chi connectivity index (χ3v) is 3.16. The lowest BCUT2D eigenvalue weighted by Gasteiger charge is -2.41. The standard InChI is InChI=1S/C10H22N2/c1-8(2)12-6-4-5-10(7-11)9(12)3/h8-10H,4-7,11H2,1-3H3/t9-,10-/m1/s1. The fourth-order valence-corrected chi connectivity index (χ4v) is 2.29. The highest BCUT2D eigenvalue weighted by Gasteiger charge is 2.27. The first kappa shape index (κ1) is 10.0. The molecular weight excluding hydrogens is 148 g/mol. The summed E-state index contributed by atoms with van der Waals surface area (Å²) in [5.41, 5.74) is 5.73. The van der Waals surface area contributed by atoms with Gasteiger partial charge in [0, 0.05) is 12.1 Å². The van der Waals surface area contributed by atoms with Crippen LogP contribution in [0.2, 0.25) is 0 Å². The Labute approximate surface area is 76.1 Å². The van der Waals surface area contributed by atoms with Gasteiger partial charge in [-0.1, -0.05) is 0 Å². The average molecular weight is 170 g/mol. The summed E-state index contributed by atoms with van der Waals surface area (Å²) in [6.45, 7) is 8.97. The summed E-state index contributed by atoms with van der Waals surface area (Å²) in [4.78, 5) is 2.57. The molecule has 0 aliphatic carbocycles. The highest BCUT2D eigenvalue weighted by molar-refractivity contribution is 4.83. The molecule has 2 N–H and O–H groups in total. The van der Waals surface area contributed by atoms with Crippen molar-refractivity contribution in [2.75, 3.05) is 13.1 Å². The van der Waals surface area contributed by atoms with Crippen LogP contribution in [0.5, 0.6) is 0 Å². The minimum absolute atomic E-state index is 0.675. The number of hydrogen-bond acceptors (Lipinski definition) is 2. The van der Waals surface area contributed by atoms with Gasteiger partial charge in [0.05, 0.1) is 0 Å². The molecule has 0 aromatic carbocycles. The van der Waals surface area contributed by atoms with Crippen molar-refractivity contribution in [2.24, 2.45) is 11.7 Å². The zero-order valence-electron chi connectivity index (χ0n) is 8.59. The van der Waals surface area contributed by atoms with Gasteiger partial charge < -0.3 is 5.73 Å². The van der Waals surface area contributed by atoms with Gasteiger partial charge in [0.25, 0.3) is 0 Å². The monoisotopic (exact) mass is 170 g/mol. The fraction of sp³-hybridized carbons (Fsp3) is 1.00. The Morgan fingerprint density at radius 2 is 2.17 bits per heavy atom. The normalized spacial score (nSPS) is 32.8. The molecule has 1 heterocycles. The van der Waals surface area contributed by atoms with Crippen LogP contribution in [0.4, 0.5) is 0 Å². The number of likely N-dealkylation sites (tertiary alicyclic amines) is 1. The second-order valence-corrected chi connectivity index (χ2v) is 4.21. The van der Waals surface area contributed by atoms with E-state index >= 15 is 0 Å². The second kappa shape index (κ2) is 4.24. The minimum atomic E-state index is 0.675. The molecule has 0 radical (unpaired) electrons. The zero-order valence-corrected chi connectivity index (χ0v) is 8.59. The van der Waals surface area contributed by atoms with E-state index in [1.807, 2.05) is 0 Å². The number of nitrogens with two attached hydrogens (primary N) is 1. The third kappa shape index (κ3) is 1.99. The van der Waals surface area contributed by atoms with Gasteiger partial charge in [-0.15, -0.1) is 0 Å². The molecule has 1 aliphatic rings. The first-order chi connectivity index (χ1) is 5.66. The molecule has 2 atom stereocenters. The molecular formula is C10H22N2. The predicted molar refractivity (Wildman–Crippen MR) is 53.1 cm³/mol. The smallest absolute Gasteiger partial charge is 0.0110 e. The van der Waals surface area contributed by atoms with Crippen molar-refractivity contribution in [3.63, 3.8) is 0 Å². The molecule has 0 unspecified atom stereocenters. The summed E-state index contributed by atoms with van der Waals surface area (Å²) >= 11 is 0. The van der Waals surface area contributed by atoms with Crippen LogP contribution in [0, 0.1) is 5.92 Å². The van der Waals surface area contributed by atoms with E-state index in [1.54, 1.807) is 0 Å². The van der Waals surface area contributed by atoms with Gasteiger partial charge in [0.1, 0.15) is 0 Å². The van der Waals surface area contributed by atoms with Crippen molar-refractivity contribution < 1.29 is 0 Å². The van der Waals surface area contributed by atoms with Gasteiger partial charge >= 0.3 is 0 Å². The first-order valence-corrected chi connectivity index (χ1v) is 5.12. The summed E-state index contributed by atoms with van der Waals surface area (Å²) in [6.07, 6.45) is 2.64. The molecule has 0 amide bonds. The van der Waals surface area contributed by atoms with E-state index in [-0.39, 0.29) is 0 Å². The van der Waals surface area contributed by atoms with E-state index in [2.05, 4.69) is 25.7 Å². The maximum atomic E-state index is 5.73. The summed E-state index contributed by atoms with van der Waals surface area (Å²) < 4.78 is 0. The quantitative estimate of drug-likeness (QED) is 0.679. The molecule has 2 nitrogen and oxygen atoms in total. The van der Waals surface area contributed by atoms with Crippen LogP contribution in [-0.2, 0) is 0 Å². The number of hydrogen-bond donors (Lipinski definition) is 1. The Balaban J connectivity index is 2.53. The van der Waals surface area contributed by atoms with E-state index < -0.39 is 0 Å². The Morgan fingerprint density at radius 1 is 1.50 bits per heavy atom. The van der Waals surface area contributed by atoms with Crippen LogP contribution in [0.1, 0.15) is 33.6 Å². The van der Waals surface area contributed by atoms with Gasteiger partial charge in [0.15, 0.2) is 0 Å². The second-order valence-electron chi connectivity index (χ2n) is 4.21. The zero-order chi connectivity index (χ0) is 9.14. The molecule has 0 spiro atoms. The van der Waals surface area contributed by atoms with Gasteiger partial charge in [-0.3, -0.25) is 4.90 Å². The molecule has 1 fully saturated rings. The van der Waals surface area contributed by atoms with Crippen molar-refractivity contribution in [3.8, 4) is 0 Å². The lowest BCUT2D eigenvalue weighted by molar-refractivity contribution is 0.0788. The number of rotatable bonds is 2. The van der Waals surface area contributed by atoms with Gasteiger partial charge in [0.2, 0.25) is 0 Å². The molecule has 1 aliphatic heterocycles. The van der Waals surface area contributed by atoms with Crippen molar-refractivity contribution >= 4 is 0 Å². The predicted octanol–water partition coefficient (Wildman–Crippen LogP) is 1.45. The van der Waals surface area contributed by atoms with Crippen LogP contribution < -0.4 is 5.73 Å². The molecule has 0 bridgehead atoms. The van der Waals surface area contributed by atoms with Crippen molar-refractivity contribution in [3.05, 3.63) is 0 Å². The maximum Gasteiger partial charge on any atom is 0.0110 e. The van der Waals surface area contributed by atoms with E-state index in [1.165, 1.54) is 19.4 Å². The van der Waals surface area contributed by atoms with Crippen LogP contribution >= 0.6 is 0 Å². The molecule has 0 aromatic heterocycles. The highest BCUT2D eigenvalue weighted by atomic mass is 15.2. The Morgan fingerprint density at radius 3 is 2.67 bits per heavy atom. The summed E-state index contributed by atoms with van der Waals surface area (Å²) in [5.74, 6) is 0.723. The van der Waals surface area contributed by atoms with E-state index in [0.717, 1.165) is 12.5 Å². The number of piperidine rings is 1. The first-order valence-electron chi connectivity index (χ1n) is 5.12. The molecule has 2 heteroatoms. The molecule has 0 saturated carbocycles. The Hall–Kier alpha value is -0.0800. The highest BCUT2D eigenvalue weighted by Crippen LogP contribution is 2.23. The van der Waals surface area contributed by atoms with Gasteiger partial charge in [-0.25, -0.2) is 0 Å². The Bertz CT molecular complexity index is 134. The van der Waals surface area contributed by atoms with Gasteiger partial charge in [-0.05, 0) is 52.6 Å². The van der Waals surface area contributed by atoms with Crippen molar-refractivity contribution in [2.45, 2.75) is 45.7 Å². The Kier molecular flexibility index (Phi) is 3.53. The van der Waals surface area contributed by atoms with Crippen LogP contribution in [0.25, 0.3) is 0 Å². The lowest BCUT2D eigenvalue weighted by atomic mass is 9.89. The van der Waals surface area contributed by atoms with Gasteiger partial charge in [-0.2, -0.15) is 0 Å². The van der Waals surface area contributed by atoms with Crippen molar-refractivity contribution in [1.29, 1.82) is 0 Å². The topological polar surface area (TPSA) is 29.3 Å². The molecule has 72 valence electrons. The van der Waals surface area contributed by atoms with E-state index in [0.29, 0.717) is 12.1 Å². The fourth-order valence-electron chi connectivity index (χ4n) is 2.29. The lowest BCUT2D eigenvalue weighted by Crippen LogP contribution is -2.48. The summed E-state index contributed by atoms with van der Waals surface area (Å²) in [7, 11) is 0. The summed E-state index contributed by atoms with van der Waals surface area (Å²) in [6, 6.07) is 1.36. The molecule has 1 saturated heterocycles. The number of nitrogens with zero attached hydrogens (tertiary/aromatic N) is 1. The maximum absolute atomic E-state index is 5.73. The molecule has 1 rings (SSSR count). The van der Waals surface area contributed by atoms with E-state index in [4.69, 9.17) is 5.73 Å². The third-order valence-electron chi connectivity index (χ3n) is 3.16. The van der Waals surface area contributed by atoms with Crippen LogP contribution in [-0.4, -0.2) is 30.1 Å². The van der Waals surface area contributed by atoms with Crippen molar-refractivity contribution in [1.82, 2.24) is 4.90 Å². The molecule has 12 heavy (non-hydrogen) atoms. The largest absolute Gasteiger partial charge is 0.330 e. The van der Waals surface area contributed by atoms with Crippen LogP contribution in [0.3, 0.4) is 0 Å². The molecule has 0 aromatic rings. The minimum Gasteiger partial charge on any atom is -0.330 e. The SMILES string of the molecule is CC(C)N1CCC[C@H](CN)[C@H]1C. The summed E-state index contributed by atoms with van der Waals surface area (Å²) in [5, 5.41) is 0.